The molecule has 0 saturated heterocycles. The highest BCUT2D eigenvalue weighted by atomic mass is 16.3. The zero-order chi connectivity index (χ0) is 7.68. The van der Waals surface area contributed by atoms with Gasteiger partial charge in [0.1, 0.15) is 6.61 Å². The average Bonchev–Trinajstić information content (AvgIpc) is 2.47. The monoisotopic (exact) mass is 146 g/mol. The number of hydrogen-bond acceptors (Lipinski definition) is 0. The molecule has 0 saturated carbocycles. The van der Waals surface area contributed by atoms with Crippen LogP contribution in [0.1, 0.15) is 5.56 Å². The maximum atomic E-state index is 10.6. The van der Waals surface area contributed by atoms with Crippen molar-refractivity contribution in [2.24, 2.45) is 0 Å². The Labute approximate surface area is 64.5 Å². The first kappa shape index (κ1) is 6.43. The zero-order valence-corrected chi connectivity index (χ0v) is 6.00. The third-order valence-electron chi connectivity index (χ3n) is 1.83. The molecule has 0 fully saturated rings. The highest BCUT2D eigenvalue weighted by molar-refractivity contribution is 5.82. The number of aromatic amines is 1. The molecular weight excluding hydrogens is 138 g/mol. The molecule has 0 unspecified atom stereocenters. The van der Waals surface area contributed by atoms with E-state index in [0.717, 1.165) is 16.5 Å². The van der Waals surface area contributed by atoms with Crippen molar-refractivity contribution >= 4 is 10.9 Å². The summed E-state index contributed by atoms with van der Waals surface area (Å²) in [6.07, 6.45) is 1.78. The van der Waals surface area contributed by atoms with Crippen molar-refractivity contribution < 1.29 is 5.11 Å². The van der Waals surface area contributed by atoms with Crippen LogP contribution in [0.5, 0.6) is 0 Å². The number of benzene rings is 1. The van der Waals surface area contributed by atoms with Gasteiger partial charge in [0, 0.05) is 22.7 Å². The molecule has 55 valence electrons. The Kier molecular flexibility index (Phi) is 1.40. The minimum absolute atomic E-state index is 0.149. The van der Waals surface area contributed by atoms with Gasteiger partial charge in [-0.3, -0.25) is 0 Å². The smallest absolute Gasteiger partial charge is 0.109 e. The Morgan fingerprint density at radius 3 is 2.91 bits per heavy atom. The predicted molar refractivity (Wildman–Crippen MR) is 42.7 cm³/mol. The maximum absolute atomic E-state index is 10.6. The van der Waals surface area contributed by atoms with Crippen LogP contribution >= 0.6 is 0 Å². The molecule has 0 aliphatic heterocycles. The highest BCUT2D eigenvalue weighted by Crippen LogP contribution is 2.16. The van der Waals surface area contributed by atoms with Crippen LogP contribution in [0, 0.1) is 0 Å². The lowest BCUT2D eigenvalue weighted by atomic mass is 10.2. The van der Waals surface area contributed by atoms with Crippen LogP contribution in [-0.2, 0) is 11.7 Å². The Morgan fingerprint density at radius 1 is 1.27 bits per heavy atom. The molecule has 0 bridgehead atoms. The zero-order valence-electron chi connectivity index (χ0n) is 6.00. The van der Waals surface area contributed by atoms with Crippen molar-refractivity contribution in [2.75, 3.05) is 0 Å². The lowest BCUT2D eigenvalue weighted by Crippen LogP contribution is -1.75. The van der Waals surface area contributed by atoms with E-state index in [-0.39, 0.29) is 6.61 Å². The molecular formula is C9H8NO. The Morgan fingerprint density at radius 2 is 2.09 bits per heavy atom. The molecule has 11 heavy (non-hydrogen) atoms. The molecule has 2 aromatic rings. The number of aromatic nitrogens is 1. The Hall–Kier alpha value is -1.28. The Balaban J connectivity index is 2.76. The predicted octanol–water partition coefficient (Wildman–Crippen LogP) is 2.10. The minimum atomic E-state index is -0.149. The number of rotatable bonds is 1. The molecule has 1 heterocycles. The van der Waals surface area contributed by atoms with Crippen LogP contribution in [-0.4, -0.2) is 4.98 Å². The second-order valence-electron chi connectivity index (χ2n) is 2.50. The molecule has 1 radical (unpaired) electrons. The first-order chi connectivity index (χ1) is 5.42. The fourth-order valence-electron chi connectivity index (χ4n) is 1.25. The third kappa shape index (κ3) is 0.917. The van der Waals surface area contributed by atoms with E-state index in [0.29, 0.717) is 0 Å². The van der Waals surface area contributed by atoms with Gasteiger partial charge in [-0.2, -0.15) is 0 Å². The van der Waals surface area contributed by atoms with Crippen LogP contribution in [0.25, 0.3) is 10.9 Å². The van der Waals surface area contributed by atoms with E-state index in [2.05, 4.69) is 4.98 Å². The molecule has 1 aromatic heterocycles. The molecule has 0 amide bonds. The van der Waals surface area contributed by atoms with Gasteiger partial charge in [-0.25, -0.2) is 5.11 Å². The van der Waals surface area contributed by atoms with Crippen LogP contribution in [0.4, 0.5) is 0 Å². The van der Waals surface area contributed by atoms with Crippen LogP contribution in [0.2, 0.25) is 0 Å². The first-order valence-electron chi connectivity index (χ1n) is 3.55. The lowest BCUT2D eigenvalue weighted by molar-refractivity contribution is 0.179. The van der Waals surface area contributed by atoms with Gasteiger partial charge in [-0.05, 0) is 6.07 Å². The first-order valence-corrected chi connectivity index (χ1v) is 3.55. The van der Waals surface area contributed by atoms with Gasteiger partial charge in [-0.1, -0.05) is 18.2 Å². The molecule has 0 aliphatic rings. The summed E-state index contributed by atoms with van der Waals surface area (Å²) >= 11 is 0. The van der Waals surface area contributed by atoms with Gasteiger partial charge in [0.2, 0.25) is 0 Å². The van der Waals surface area contributed by atoms with E-state index >= 15 is 0 Å². The number of H-pyrrole nitrogens is 1. The van der Waals surface area contributed by atoms with Gasteiger partial charge in [0.25, 0.3) is 0 Å². The average molecular weight is 146 g/mol. The summed E-state index contributed by atoms with van der Waals surface area (Å²) < 4.78 is 0. The second kappa shape index (κ2) is 2.40. The third-order valence-corrected chi connectivity index (χ3v) is 1.83. The molecule has 0 aliphatic carbocycles. The van der Waals surface area contributed by atoms with Gasteiger partial charge in [0.15, 0.2) is 0 Å². The quantitative estimate of drug-likeness (QED) is 0.639. The van der Waals surface area contributed by atoms with Gasteiger partial charge in [-0.15, -0.1) is 0 Å². The summed E-state index contributed by atoms with van der Waals surface area (Å²) in [6.45, 7) is -0.149. The van der Waals surface area contributed by atoms with E-state index in [1.54, 1.807) is 6.20 Å². The van der Waals surface area contributed by atoms with E-state index in [4.69, 9.17) is 0 Å². The van der Waals surface area contributed by atoms with Crippen LogP contribution in [0.15, 0.2) is 30.5 Å². The summed E-state index contributed by atoms with van der Waals surface area (Å²) in [5, 5.41) is 11.6. The number of para-hydroxylation sites is 1. The van der Waals surface area contributed by atoms with Gasteiger partial charge in [0.05, 0.1) is 0 Å². The van der Waals surface area contributed by atoms with E-state index in [9.17, 15) is 5.11 Å². The van der Waals surface area contributed by atoms with E-state index in [1.807, 2.05) is 24.3 Å². The number of fused-ring (bicyclic) bond motifs is 1. The van der Waals surface area contributed by atoms with Crippen LogP contribution < -0.4 is 0 Å². The van der Waals surface area contributed by atoms with Crippen molar-refractivity contribution in [3.63, 3.8) is 0 Å². The second-order valence-corrected chi connectivity index (χ2v) is 2.50. The summed E-state index contributed by atoms with van der Waals surface area (Å²) in [7, 11) is 0. The molecule has 2 rings (SSSR count). The van der Waals surface area contributed by atoms with Crippen LogP contribution in [0.3, 0.4) is 0 Å². The van der Waals surface area contributed by atoms with Crippen molar-refractivity contribution in [1.29, 1.82) is 0 Å². The van der Waals surface area contributed by atoms with E-state index < -0.39 is 0 Å². The molecule has 0 spiro atoms. The van der Waals surface area contributed by atoms with Crippen molar-refractivity contribution in [2.45, 2.75) is 6.61 Å². The van der Waals surface area contributed by atoms with Crippen molar-refractivity contribution in [3.8, 4) is 0 Å². The number of hydrogen-bond donors (Lipinski definition) is 1. The van der Waals surface area contributed by atoms with E-state index in [1.165, 1.54) is 0 Å². The SMILES string of the molecule is [O]Cc1c[nH]c2ccccc12. The maximum Gasteiger partial charge on any atom is 0.109 e. The normalized spacial score (nSPS) is 10.6. The van der Waals surface area contributed by atoms with Gasteiger partial charge >= 0.3 is 0 Å². The summed E-state index contributed by atoms with van der Waals surface area (Å²) in [6, 6.07) is 7.82. The summed E-state index contributed by atoms with van der Waals surface area (Å²) in [4.78, 5) is 3.04. The topological polar surface area (TPSA) is 35.7 Å². The highest BCUT2D eigenvalue weighted by Gasteiger charge is 1.99. The molecule has 1 aromatic carbocycles. The standard InChI is InChI=1S/C9H8NO/c11-6-7-5-10-9-4-2-1-3-8(7)9/h1-5,10H,6H2. The fourth-order valence-corrected chi connectivity index (χ4v) is 1.25. The Bertz CT molecular complexity index is 364. The molecule has 1 N–H and O–H groups in total. The summed E-state index contributed by atoms with van der Waals surface area (Å²) in [5.74, 6) is 0. The summed E-state index contributed by atoms with van der Waals surface area (Å²) in [5.41, 5.74) is 1.89. The minimum Gasteiger partial charge on any atom is -0.361 e. The fraction of sp³-hybridized carbons (Fsp3) is 0.111. The largest absolute Gasteiger partial charge is 0.361 e. The molecule has 2 heteroatoms. The molecule has 0 atom stereocenters. The van der Waals surface area contributed by atoms with Crippen molar-refractivity contribution in [1.82, 2.24) is 4.98 Å². The van der Waals surface area contributed by atoms with Crippen molar-refractivity contribution in [3.05, 3.63) is 36.0 Å². The molecule has 2 nitrogen and oxygen atoms in total. The lowest BCUT2D eigenvalue weighted by Gasteiger charge is -1.89. The number of nitrogens with one attached hydrogen (secondary N) is 1. The van der Waals surface area contributed by atoms with Gasteiger partial charge < -0.3 is 4.98 Å².